The maximum absolute atomic E-state index is 8.91. The molecule has 92 valence electrons. The van der Waals surface area contributed by atoms with Crippen molar-refractivity contribution < 1.29 is 10.2 Å². The van der Waals surface area contributed by atoms with Gasteiger partial charge in [-0.3, -0.25) is 4.90 Å². The first-order chi connectivity index (χ1) is 7.71. The number of aliphatic hydroxyl groups is 2. The third kappa shape index (κ3) is 3.59. The Morgan fingerprint density at radius 3 is 2.31 bits per heavy atom. The third-order valence-electron chi connectivity index (χ3n) is 2.58. The van der Waals surface area contributed by atoms with Gasteiger partial charge >= 0.3 is 0 Å². The summed E-state index contributed by atoms with van der Waals surface area (Å²) in [5, 5.41) is 17.8. The molecular formula is C11H21N3O2. The predicted molar refractivity (Wildman–Crippen MR) is 62.2 cm³/mol. The predicted octanol–water partition coefficient (Wildman–Crippen LogP) is 0.0671. The Bertz CT molecular complexity index is 306. The highest BCUT2D eigenvalue weighted by molar-refractivity contribution is 5.12. The Hall–Kier alpha value is -0.910. The molecular weight excluding hydrogens is 206 g/mol. The lowest BCUT2D eigenvalue weighted by Gasteiger charge is -2.19. The molecule has 3 N–H and O–H groups in total. The van der Waals surface area contributed by atoms with Crippen molar-refractivity contribution in [2.75, 3.05) is 26.3 Å². The number of nitrogens with one attached hydrogen (secondary N) is 1. The fourth-order valence-electron chi connectivity index (χ4n) is 1.65. The second-order valence-corrected chi connectivity index (χ2v) is 3.83. The van der Waals surface area contributed by atoms with Crippen molar-refractivity contribution in [3.63, 3.8) is 0 Å². The van der Waals surface area contributed by atoms with E-state index in [0.717, 1.165) is 23.6 Å². The van der Waals surface area contributed by atoms with Gasteiger partial charge in [-0.15, -0.1) is 0 Å². The van der Waals surface area contributed by atoms with Gasteiger partial charge in [0, 0.05) is 31.7 Å². The number of imidazole rings is 1. The van der Waals surface area contributed by atoms with Gasteiger partial charge in [-0.25, -0.2) is 4.98 Å². The van der Waals surface area contributed by atoms with Gasteiger partial charge in [-0.1, -0.05) is 6.92 Å². The summed E-state index contributed by atoms with van der Waals surface area (Å²) >= 11 is 0. The van der Waals surface area contributed by atoms with Crippen molar-refractivity contribution >= 4 is 0 Å². The van der Waals surface area contributed by atoms with Crippen LogP contribution in [0.4, 0.5) is 0 Å². The summed E-state index contributed by atoms with van der Waals surface area (Å²) in [6.45, 7) is 6.05. The van der Waals surface area contributed by atoms with E-state index >= 15 is 0 Å². The molecule has 16 heavy (non-hydrogen) atoms. The van der Waals surface area contributed by atoms with E-state index in [1.54, 1.807) is 0 Å². The van der Waals surface area contributed by atoms with Crippen molar-refractivity contribution in [2.24, 2.45) is 0 Å². The van der Waals surface area contributed by atoms with Crippen LogP contribution in [0.25, 0.3) is 0 Å². The molecule has 5 heteroatoms. The molecule has 1 aromatic rings. The zero-order valence-electron chi connectivity index (χ0n) is 10.0. The van der Waals surface area contributed by atoms with Crippen LogP contribution >= 0.6 is 0 Å². The van der Waals surface area contributed by atoms with Gasteiger partial charge in [0.15, 0.2) is 0 Å². The minimum absolute atomic E-state index is 0.101. The molecule has 0 aliphatic heterocycles. The molecule has 1 heterocycles. The number of hydrogen-bond acceptors (Lipinski definition) is 4. The first kappa shape index (κ1) is 13.2. The average molecular weight is 227 g/mol. The molecule has 0 aliphatic carbocycles. The van der Waals surface area contributed by atoms with Gasteiger partial charge in [-0.05, 0) is 6.92 Å². The molecule has 0 aliphatic rings. The van der Waals surface area contributed by atoms with Gasteiger partial charge in [0.1, 0.15) is 5.82 Å². The second kappa shape index (κ2) is 6.62. The fraction of sp³-hybridized carbons (Fsp3) is 0.727. The highest BCUT2D eigenvalue weighted by atomic mass is 16.3. The van der Waals surface area contributed by atoms with Gasteiger partial charge in [0.25, 0.3) is 0 Å². The second-order valence-electron chi connectivity index (χ2n) is 3.83. The van der Waals surface area contributed by atoms with Crippen LogP contribution in [0.15, 0.2) is 0 Å². The normalized spacial score (nSPS) is 11.3. The SMILES string of the molecule is CCc1nc(CN(CCO)CCO)c(C)[nH]1. The molecule has 0 saturated carbocycles. The molecule has 0 amide bonds. The standard InChI is InChI=1S/C11H21N3O2/c1-3-11-12-9(2)10(13-11)8-14(4-6-15)5-7-16/h15-16H,3-8H2,1-2H3,(H,12,13). The number of H-pyrrole nitrogens is 1. The maximum atomic E-state index is 8.91. The minimum atomic E-state index is 0.101. The number of hydrogen-bond donors (Lipinski definition) is 3. The van der Waals surface area contributed by atoms with Gasteiger partial charge < -0.3 is 15.2 Å². The van der Waals surface area contributed by atoms with Crippen molar-refractivity contribution in [3.05, 3.63) is 17.2 Å². The molecule has 0 aromatic carbocycles. The Balaban J connectivity index is 2.64. The van der Waals surface area contributed by atoms with Crippen molar-refractivity contribution in [1.29, 1.82) is 0 Å². The topological polar surface area (TPSA) is 72.4 Å². The lowest BCUT2D eigenvalue weighted by atomic mass is 10.3. The van der Waals surface area contributed by atoms with E-state index in [0.29, 0.717) is 19.6 Å². The Morgan fingerprint density at radius 2 is 1.88 bits per heavy atom. The minimum Gasteiger partial charge on any atom is -0.395 e. The molecule has 5 nitrogen and oxygen atoms in total. The Kier molecular flexibility index (Phi) is 5.45. The van der Waals surface area contributed by atoms with Gasteiger partial charge in [-0.2, -0.15) is 0 Å². The molecule has 0 unspecified atom stereocenters. The summed E-state index contributed by atoms with van der Waals surface area (Å²) in [5.74, 6) is 0.987. The molecule has 0 radical (unpaired) electrons. The summed E-state index contributed by atoms with van der Waals surface area (Å²) in [5.41, 5.74) is 2.07. The van der Waals surface area contributed by atoms with Gasteiger partial charge in [0.2, 0.25) is 0 Å². The van der Waals surface area contributed by atoms with Crippen LogP contribution < -0.4 is 0 Å². The van der Waals surface area contributed by atoms with E-state index in [1.807, 2.05) is 11.8 Å². The summed E-state index contributed by atoms with van der Waals surface area (Å²) < 4.78 is 0. The van der Waals surface area contributed by atoms with Crippen LogP contribution in [0.1, 0.15) is 24.1 Å². The van der Waals surface area contributed by atoms with E-state index in [1.165, 1.54) is 0 Å². The van der Waals surface area contributed by atoms with Crippen LogP contribution in [-0.4, -0.2) is 51.4 Å². The molecule has 0 spiro atoms. The van der Waals surface area contributed by atoms with Crippen LogP contribution in [0, 0.1) is 6.92 Å². The summed E-state index contributed by atoms with van der Waals surface area (Å²) in [6, 6.07) is 0. The van der Waals surface area contributed by atoms with Gasteiger partial charge in [0.05, 0.1) is 18.9 Å². The number of aryl methyl sites for hydroxylation is 2. The van der Waals surface area contributed by atoms with Crippen molar-refractivity contribution in [3.8, 4) is 0 Å². The number of nitrogens with zero attached hydrogens (tertiary/aromatic N) is 2. The molecule has 0 atom stereocenters. The highest BCUT2D eigenvalue weighted by Crippen LogP contribution is 2.08. The number of aliphatic hydroxyl groups excluding tert-OH is 2. The molecule has 1 aromatic heterocycles. The molecule has 0 fully saturated rings. The molecule has 0 bridgehead atoms. The number of aromatic amines is 1. The van der Waals surface area contributed by atoms with E-state index < -0.39 is 0 Å². The quantitative estimate of drug-likeness (QED) is 0.616. The zero-order chi connectivity index (χ0) is 12.0. The Morgan fingerprint density at radius 1 is 1.25 bits per heavy atom. The lowest BCUT2D eigenvalue weighted by molar-refractivity contribution is 0.154. The zero-order valence-corrected chi connectivity index (χ0v) is 10.0. The molecule has 0 saturated heterocycles. The van der Waals surface area contributed by atoms with E-state index in [2.05, 4.69) is 16.9 Å². The Labute approximate surface area is 96.1 Å². The van der Waals surface area contributed by atoms with Crippen molar-refractivity contribution in [2.45, 2.75) is 26.8 Å². The largest absolute Gasteiger partial charge is 0.395 e. The fourth-order valence-corrected chi connectivity index (χ4v) is 1.65. The van der Waals surface area contributed by atoms with Crippen molar-refractivity contribution in [1.82, 2.24) is 14.9 Å². The van der Waals surface area contributed by atoms with E-state index in [-0.39, 0.29) is 13.2 Å². The monoisotopic (exact) mass is 227 g/mol. The van der Waals surface area contributed by atoms with Crippen LogP contribution in [-0.2, 0) is 13.0 Å². The van der Waals surface area contributed by atoms with E-state index in [9.17, 15) is 0 Å². The smallest absolute Gasteiger partial charge is 0.106 e. The average Bonchev–Trinajstić information content (AvgIpc) is 2.60. The summed E-state index contributed by atoms with van der Waals surface area (Å²) in [6.07, 6.45) is 0.890. The highest BCUT2D eigenvalue weighted by Gasteiger charge is 2.10. The molecule has 1 rings (SSSR count). The van der Waals surface area contributed by atoms with Crippen LogP contribution in [0.5, 0.6) is 0 Å². The summed E-state index contributed by atoms with van der Waals surface area (Å²) in [4.78, 5) is 9.68. The van der Waals surface area contributed by atoms with E-state index in [4.69, 9.17) is 10.2 Å². The van der Waals surface area contributed by atoms with Crippen LogP contribution in [0.3, 0.4) is 0 Å². The first-order valence-corrected chi connectivity index (χ1v) is 5.69. The number of rotatable bonds is 7. The summed E-state index contributed by atoms with van der Waals surface area (Å²) in [7, 11) is 0. The van der Waals surface area contributed by atoms with Crippen LogP contribution in [0.2, 0.25) is 0 Å². The maximum Gasteiger partial charge on any atom is 0.106 e. The number of aromatic nitrogens is 2. The lowest BCUT2D eigenvalue weighted by Crippen LogP contribution is -2.29. The first-order valence-electron chi connectivity index (χ1n) is 5.69. The third-order valence-corrected chi connectivity index (χ3v) is 2.58.